The fraction of sp³-hybridized carbons (Fsp3) is 0.500. The molecule has 1 amide bonds. The zero-order valence-electron chi connectivity index (χ0n) is 10.9. The summed E-state index contributed by atoms with van der Waals surface area (Å²) in [5, 5.41) is 8.81. The van der Waals surface area contributed by atoms with Gasteiger partial charge in [0.2, 0.25) is 0 Å². The van der Waals surface area contributed by atoms with Crippen LogP contribution in [0.15, 0.2) is 30.3 Å². The predicted octanol–water partition coefficient (Wildman–Crippen LogP) is 0.965. The van der Waals surface area contributed by atoms with Crippen LogP contribution in [0.3, 0.4) is 0 Å². The minimum absolute atomic E-state index is 0.0387. The maximum absolute atomic E-state index is 11.7. The molecule has 19 heavy (non-hydrogen) atoms. The largest absolute Gasteiger partial charge is 0.445 e. The number of hydrogen-bond donors (Lipinski definition) is 2. The summed E-state index contributed by atoms with van der Waals surface area (Å²) >= 11 is 0. The molecule has 1 heterocycles. The Morgan fingerprint density at radius 2 is 2.11 bits per heavy atom. The van der Waals surface area contributed by atoms with Gasteiger partial charge in [0.05, 0.1) is 0 Å². The number of hydrogen-bond acceptors (Lipinski definition) is 4. The van der Waals surface area contributed by atoms with Gasteiger partial charge in [0, 0.05) is 31.7 Å². The van der Waals surface area contributed by atoms with Crippen LogP contribution in [0.4, 0.5) is 4.79 Å². The van der Waals surface area contributed by atoms with Gasteiger partial charge in [0.1, 0.15) is 6.61 Å². The van der Waals surface area contributed by atoms with Crippen molar-refractivity contribution in [3.63, 3.8) is 0 Å². The minimum Gasteiger partial charge on any atom is -0.445 e. The molecule has 1 fully saturated rings. The van der Waals surface area contributed by atoms with E-state index in [0.29, 0.717) is 26.1 Å². The summed E-state index contributed by atoms with van der Waals surface area (Å²) in [6, 6.07) is 9.55. The number of ether oxygens (including phenoxy) is 1. The number of benzene rings is 1. The molecule has 1 saturated heterocycles. The van der Waals surface area contributed by atoms with Crippen molar-refractivity contribution in [1.82, 2.24) is 4.90 Å². The number of carbonyl (C=O) groups excluding carboxylic acids is 1. The molecule has 0 aliphatic carbocycles. The van der Waals surface area contributed by atoms with Crippen LogP contribution in [0.2, 0.25) is 0 Å². The van der Waals surface area contributed by atoms with Crippen molar-refractivity contribution >= 4 is 6.09 Å². The van der Waals surface area contributed by atoms with E-state index in [0.717, 1.165) is 5.56 Å². The van der Waals surface area contributed by atoms with Gasteiger partial charge in [-0.05, 0) is 12.0 Å². The van der Waals surface area contributed by atoms with Gasteiger partial charge in [0.25, 0.3) is 0 Å². The quantitative estimate of drug-likeness (QED) is 0.830. The highest BCUT2D eigenvalue weighted by Crippen LogP contribution is 2.20. The molecule has 0 radical (unpaired) electrons. The first kappa shape index (κ1) is 13.8. The summed E-state index contributed by atoms with van der Waals surface area (Å²) in [6.45, 7) is 1.63. The van der Waals surface area contributed by atoms with Gasteiger partial charge in [-0.15, -0.1) is 0 Å². The van der Waals surface area contributed by atoms with Gasteiger partial charge in [-0.2, -0.15) is 0 Å². The minimum atomic E-state index is -0.295. The topological polar surface area (TPSA) is 75.8 Å². The van der Waals surface area contributed by atoms with Crippen LogP contribution in [0, 0.1) is 5.92 Å². The number of carbonyl (C=O) groups is 1. The second-order valence-electron chi connectivity index (χ2n) is 4.88. The first-order valence-electron chi connectivity index (χ1n) is 6.52. The summed E-state index contributed by atoms with van der Waals surface area (Å²) in [6.07, 6.45) is 0.286. The number of nitrogens with zero attached hydrogens (tertiary/aromatic N) is 1. The van der Waals surface area contributed by atoms with Crippen molar-refractivity contribution in [3.8, 4) is 0 Å². The lowest BCUT2D eigenvalue weighted by Crippen LogP contribution is -2.56. The number of aliphatic hydroxyl groups is 1. The first-order valence-corrected chi connectivity index (χ1v) is 6.52. The summed E-state index contributed by atoms with van der Waals surface area (Å²) < 4.78 is 5.22. The van der Waals surface area contributed by atoms with E-state index in [4.69, 9.17) is 15.6 Å². The number of rotatable bonds is 5. The molecule has 0 bridgehead atoms. The highest BCUT2D eigenvalue weighted by atomic mass is 16.6. The Hall–Kier alpha value is -1.59. The molecule has 1 atom stereocenters. The SMILES string of the molecule is N[C@@H](CCO)C1CN(C(=O)OCc2ccccc2)C1. The average Bonchev–Trinajstić information content (AvgIpc) is 2.36. The molecule has 0 unspecified atom stereocenters. The van der Waals surface area contributed by atoms with Crippen LogP contribution in [0.1, 0.15) is 12.0 Å². The Labute approximate surface area is 113 Å². The number of aliphatic hydroxyl groups excluding tert-OH is 1. The van der Waals surface area contributed by atoms with E-state index < -0.39 is 0 Å². The second-order valence-corrected chi connectivity index (χ2v) is 4.88. The van der Waals surface area contributed by atoms with Crippen molar-refractivity contribution in [3.05, 3.63) is 35.9 Å². The van der Waals surface area contributed by atoms with Crippen LogP contribution in [-0.4, -0.2) is 41.8 Å². The van der Waals surface area contributed by atoms with Crippen molar-refractivity contribution in [2.24, 2.45) is 11.7 Å². The Bertz CT molecular complexity index is 404. The molecule has 0 saturated carbocycles. The lowest BCUT2D eigenvalue weighted by Gasteiger charge is -2.41. The number of likely N-dealkylation sites (tertiary alicyclic amines) is 1. The maximum Gasteiger partial charge on any atom is 0.410 e. The van der Waals surface area contributed by atoms with Gasteiger partial charge in [0.15, 0.2) is 0 Å². The maximum atomic E-state index is 11.7. The van der Waals surface area contributed by atoms with Crippen LogP contribution in [0.25, 0.3) is 0 Å². The summed E-state index contributed by atoms with van der Waals surface area (Å²) in [4.78, 5) is 13.4. The molecular formula is C14H20N2O3. The van der Waals surface area contributed by atoms with E-state index >= 15 is 0 Å². The van der Waals surface area contributed by atoms with Crippen LogP contribution in [-0.2, 0) is 11.3 Å². The van der Waals surface area contributed by atoms with Gasteiger partial charge >= 0.3 is 6.09 Å². The highest BCUT2D eigenvalue weighted by molar-refractivity contribution is 5.68. The van der Waals surface area contributed by atoms with E-state index in [1.54, 1.807) is 4.90 Å². The molecule has 1 aromatic rings. The monoisotopic (exact) mass is 264 g/mol. The summed E-state index contributed by atoms with van der Waals surface area (Å²) in [7, 11) is 0. The normalized spacial score (nSPS) is 16.8. The number of amides is 1. The molecule has 1 aliphatic heterocycles. The molecule has 5 nitrogen and oxygen atoms in total. The Morgan fingerprint density at radius 3 is 2.74 bits per heavy atom. The Balaban J connectivity index is 1.69. The third-order valence-electron chi connectivity index (χ3n) is 3.44. The van der Waals surface area contributed by atoms with Gasteiger partial charge in [-0.3, -0.25) is 0 Å². The molecule has 3 N–H and O–H groups in total. The molecular weight excluding hydrogens is 244 g/mol. The molecule has 0 spiro atoms. The van der Waals surface area contributed by atoms with Crippen molar-refractivity contribution in [2.45, 2.75) is 19.1 Å². The third kappa shape index (κ3) is 3.68. The molecule has 5 heteroatoms. The van der Waals surface area contributed by atoms with E-state index in [2.05, 4.69) is 0 Å². The van der Waals surface area contributed by atoms with Crippen LogP contribution < -0.4 is 5.73 Å². The van der Waals surface area contributed by atoms with Crippen molar-refractivity contribution in [2.75, 3.05) is 19.7 Å². The van der Waals surface area contributed by atoms with Gasteiger partial charge in [-0.1, -0.05) is 30.3 Å². The number of nitrogens with two attached hydrogens (primary N) is 1. The molecule has 1 aliphatic rings. The van der Waals surface area contributed by atoms with Crippen molar-refractivity contribution < 1.29 is 14.6 Å². The average molecular weight is 264 g/mol. The van der Waals surface area contributed by atoms with Gasteiger partial charge < -0.3 is 20.5 Å². The molecule has 104 valence electrons. The first-order chi connectivity index (χ1) is 9.20. The lowest BCUT2D eigenvalue weighted by atomic mass is 9.91. The lowest BCUT2D eigenvalue weighted by molar-refractivity contribution is 0.0394. The zero-order chi connectivity index (χ0) is 13.7. The fourth-order valence-electron chi connectivity index (χ4n) is 2.13. The second kappa shape index (κ2) is 6.54. The Morgan fingerprint density at radius 1 is 1.42 bits per heavy atom. The van der Waals surface area contributed by atoms with E-state index in [9.17, 15) is 4.79 Å². The molecule has 2 rings (SSSR count). The summed E-state index contributed by atoms with van der Waals surface area (Å²) in [5.74, 6) is 0.274. The van der Waals surface area contributed by atoms with E-state index in [-0.39, 0.29) is 24.7 Å². The Kier molecular flexibility index (Phi) is 4.76. The van der Waals surface area contributed by atoms with Gasteiger partial charge in [-0.25, -0.2) is 4.79 Å². The standard InChI is InChI=1S/C14H20N2O3/c15-13(6-7-17)12-8-16(9-12)14(18)19-10-11-4-2-1-3-5-11/h1-5,12-13,17H,6-10,15H2/t13-/m0/s1. The van der Waals surface area contributed by atoms with Crippen LogP contribution >= 0.6 is 0 Å². The van der Waals surface area contributed by atoms with E-state index in [1.807, 2.05) is 30.3 Å². The van der Waals surface area contributed by atoms with Crippen molar-refractivity contribution in [1.29, 1.82) is 0 Å². The predicted molar refractivity (Wildman–Crippen MR) is 71.4 cm³/mol. The summed E-state index contributed by atoms with van der Waals surface area (Å²) in [5.41, 5.74) is 6.85. The third-order valence-corrected chi connectivity index (χ3v) is 3.44. The molecule has 0 aromatic heterocycles. The highest BCUT2D eigenvalue weighted by Gasteiger charge is 2.35. The zero-order valence-corrected chi connectivity index (χ0v) is 10.9. The fourth-order valence-corrected chi connectivity index (χ4v) is 2.13. The molecule has 1 aromatic carbocycles. The smallest absolute Gasteiger partial charge is 0.410 e. The van der Waals surface area contributed by atoms with Crippen LogP contribution in [0.5, 0.6) is 0 Å². The van der Waals surface area contributed by atoms with E-state index in [1.165, 1.54) is 0 Å².